The third-order valence-electron chi connectivity index (χ3n) is 7.91. The van der Waals surface area contributed by atoms with E-state index in [1.807, 2.05) is 84.9 Å². The molecule has 0 unspecified atom stereocenters. The van der Waals surface area contributed by atoms with E-state index in [1.54, 1.807) is 12.1 Å². The van der Waals surface area contributed by atoms with Crippen molar-refractivity contribution >= 4 is 50.8 Å². The molecule has 0 aliphatic carbocycles. The summed E-state index contributed by atoms with van der Waals surface area (Å²) in [6.07, 6.45) is 4.62. The first-order valence-electron chi connectivity index (χ1n) is 16.4. The quantitative estimate of drug-likeness (QED) is 0.0925. The Morgan fingerprint density at radius 2 is 1.23 bits per heavy atom. The second-order valence-electron chi connectivity index (χ2n) is 11.2. The molecule has 8 nitrogen and oxygen atoms in total. The second-order valence-corrected chi connectivity index (χ2v) is 11.2. The number of hydrogen-bond acceptors (Lipinski definition) is 7. The first-order chi connectivity index (χ1) is 23.1. The number of unbranched alkanes of at least 4 members (excludes halogenated alkanes) is 3. The van der Waals surface area contributed by atoms with Gasteiger partial charge in [0.15, 0.2) is 0 Å². The second kappa shape index (κ2) is 16.8. The van der Waals surface area contributed by atoms with Crippen molar-refractivity contribution in [2.75, 3.05) is 29.9 Å². The number of carbonyl (C=O) groups is 1. The van der Waals surface area contributed by atoms with Crippen molar-refractivity contribution in [2.24, 2.45) is 20.5 Å². The number of nitrogens with zero attached hydrogens (tertiary/aromatic N) is 5. The van der Waals surface area contributed by atoms with E-state index in [4.69, 9.17) is 4.74 Å². The highest BCUT2D eigenvalue weighted by molar-refractivity contribution is 6.11. The Bertz CT molecular complexity index is 1800. The minimum Gasteiger partial charge on any atom is -0.494 e. The summed E-state index contributed by atoms with van der Waals surface area (Å²) in [4.78, 5) is 15.4. The van der Waals surface area contributed by atoms with Gasteiger partial charge in [0.05, 0.1) is 29.4 Å². The first kappa shape index (κ1) is 33.0. The molecule has 240 valence electrons. The van der Waals surface area contributed by atoms with Gasteiger partial charge in [0.1, 0.15) is 5.75 Å². The van der Waals surface area contributed by atoms with Crippen molar-refractivity contribution in [3.05, 3.63) is 115 Å². The van der Waals surface area contributed by atoms with Crippen LogP contribution < -0.4 is 15.0 Å². The molecule has 0 bridgehead atoms. The van der Waals surface area contributed by atoms with Gasteiger partial charge in [0.25, 0.3) is 5.91 Å². The van der Waals surface area contributed by atoms with Crippen molar-refractivity contribution in [1.29, 1.82) is 0 Å². The number of anilines is 2. The van der Waals surface area contributed by atoms with Gasteiger partial charge in [-0.2, -0.15) is 15.3 Å². The molecule has 5 aromatic carbocycles. The SMILES string of the molecule is CCCCCCOc1ccc(C(=O)Nc2ccc(N=Nc3ccc(N=Nc4ccc(N(CC)CC)cc4)cc3)c3ccccc23)cc1. The lowest BCUT2D eigenvalue weighted by molar-refractivity contribution is 0.102. The van der Waals surface area contributed by atoms with Crippen LogP contribution in [0.1, 0.15) is 56.8 Å². The fourth-order valence-corrected chi connectivity index (χ4v) is 5.23. The molecule has 0 spiro atoms. The van der Waals surface area contributed by atoms with E-state index in [9.17, 15) is 4.79 Å². The molecule has 0 aromatic heterocycles. The molecule has 1 N–H and O–H groups in total. The Morgan fingerprint density at radius 1 is 0.638 bits per heavy atom. The summed E-state index contributed by atoms with van der Waals surface area (Å²) in [5, 5.41) is 22.6. The summed E-state index contributed by atoms with van der Waals surface area (Å²) in [5.41, 5.74) is 5.37. The number of rotatable bonds is 15. The zero-order valence-corrected chi connectivity index (χ0v) is 27.4. The summed E-state index contributed by atoms with van der Waals surface area (Å²) in [7, 11) is 0. The normalized spacial score (nSPS) is 11.4. The van der Waals surface area contributed by atoms with Gasteiger partial charge in [-0.05, 0) is 105 Å². The smallest absolute Gasteiger partial charge is 0.255 e. The number of carbonyl (C=O) groups excluding carboxylic acids is 1. The molecule has 0 heterocycles. The maximum atomic E-state index is 13.1. The molecule has 5 aromatic rings. The molecule has 0 atom stereocenters. The highest BCUT2D eigenvalue weighted by atomic mass is 16.5. The van der Waals surface area contributed by atoms with Gasteiger partial charge in [-0.25, -0.2) is 0 Å². The molecular formula is C39H42N6O2. The van der Waals surface area contributed by atoms with Crippen LogP contribution in [-0.2, 0) is 0 Å². The van der Waals surface area contributed by atoms with Crippen LogP contribution in [-0.4, -0.2) is 25.6 Å². The highest BCUT2D eigenvalue weighted by Crippen LogP contribution is 2.33. The third-order valence-corrected chi connectivity index (χ3v) is 7.91. The molecule has 47 heavy (non-hydrogen) atoms. The summed E-state index contributed by atoms with van der Waals surface area (Å²) in [5.74, 6) is 0.585. The summed E-state index contributed by atoms with van der Waals surface area (Å²) in [6.45, 7) is 9.10. The van der Waals surface area contributed by atoms with Gasteiger partial charge in [-0.15, -0.1) is 5.11 Å². The van der Waals surface area contributed by atoms with Crippen LogP contribution in [0.5, 0.6) is 5.75 Å². The van der Waals surface area contributed by atoms with Crippen molar-refractivity contribution in [3.63, 3.8) is 0 Å². The largest absolute Gasteiger partial charge is 0.494 e. The van der Waals surface area contributed by atoms with Crippen LogP contribution in [0.15, 0.2) is 130 Å². The summed E-state index contributed by atoms with van der Waals surface area (Å²) < 4.78 is 5.82. The fraction of sp³-hybridized carbons (Fsp3) is 0.256. The van der Waals surface area contributed by atoms with Gasteiger partial charge in [-0.3, -0.25) is 4.79 Å². The van der Waals surface area contributed by atoms with E-state index in [2.05, 4.69) is 63.6 Å². The van der Waals surface area contributed by atoms with E-state index >= 15 is 0 Å². The zero-order chi connectivity index (χ0) is 32.8. The zero-order valence-electron chi connectivity index (χ0n) is 27.4. The van der Waals surface area contributed by atoms with Crippen molar-refractivity contribution < 1.29 is 9.53 Å². The van der Waals surface area contributed by atoms with Crippen LogP contribution in [0.4, 0.5) is 34.1 Å². The Hall–Kier alpha value is -5.37. The number of fused-ring (bicyclic) bond motifs is 1. The average Bonchev–Trinajstić information content (AvgIpc) is 3.12. The molecule has 1 amide bonds. The van der Waals surface area contributed by atoms with Crippen molar-refractivity contribution in [2.45, 2.75) is 46.5 Å². The van der Waals surface area contributed by atoms with Crippen LogP contribution in [0.25, 0.3) is 10.8 Å². The number of hydrogen-bond donors (Lipinski definition) is 1. The highest BCUT2D eigenvalue weighted by Gasteiger charge is 2.11. The van der Waals surface area contributed by atoms with Gasteiger partial charge in [-0.1, -0.05) is 50.5 Å². The van der Waals surface area contributed by atoms with E-state index in [1.165, 1.54) is 24.9 Å². The predicted octanol–water partition coefficient (Wildman–Crippen LogP) is 11.7. The minimum atomic E-state index is -0.187. The molecule has 8 heteroatoms. The Morgan fingerprint density at radius 3 is 1.85 bits per heavy atom. The van der Waals surface area contributed by atoms with Gasteiger partial charge in [0.2, 0.25) is 0 Å². The van der Waals surface area contributed by atoms with Gasteiger partial charge < -0.3 is 15.0 Å². The summed E-state index contributed by atoms with van der Waals surface area (Å²) in [6, 6.07) is 34.4. The number of amides is 1. The molecular weight excluding hydrogens is 584 g/mol. The lowest BCUT2D eigenvalue weighted by Crippen LogP contribution is -2.21. The molecule has 0 radical (unpaired) electrons. The number of nitrogens with one attached hydrogen (secondary N) is 1. The van der Waals surface area contributed by atoms with E-state index in [0.717, 1.165) is 47.4 Å². The topological polar surface area (TPSA) is 91.0 Å². The van der Waals surface area contributed by atoms with Crippen LogP contribution in [0.2, 0.25) is 0 Å². The minimum absolute atomic E-state index is 0.187. The molecule has 0 fully saturated rings. The average molecular weight is 627 g/mol. The van der Waals surface area contributed by atoms with Gasteiger partial charge >= 0.3 is 0 Å². The monoisotopic (exact) mass is 626 g/mol. The molecule has 0 aliphatic heterocycles. The first-order valence-corrected chi connectivity index (χ1v) is 16.4. The molecule has 5 rings (SSSR count). The van der Waals surface area contributed by atoms with Crippen molar-refractivity contribution in [3.8, 4) is 5.75 Å². The Kier molecular flexibility index (Phi) is 11.8. The fourth-order valence-electron chi connectivity index (χ4n) is 5.23. The lowest BCUT2D eigenvalue weighted by Gasteiger charge is -2.20. The number of benzene rings is 5. The maximum Gasteiger partial charge on any atom is 0.255 e. The lowest BCUT2D eigenvalue weighted by atomic mass is 10.1. The maximum absolute atomic E-state index is 13.1. The summed E-state index contributed by atoms with van der Waals surface area (Å²) >= 11 is 0. The Labute approximate surface area is 277 Å². The Balaban J connectivity index is 1.21. The molecule has 0 aliphatic rings. The van der Waals surface area contributed by atoms with E-state index < -0.39 is 0 Å². The van der Waals surface area contributed by atoms with E-state index in [0.29, 0.717) is 29.2 Å². The van der Waals surface area contributed by atoms with Crippen LogP contribution in [0, 0.1) is 0 Å². The van der Waals surface area contributed by atoms with Crippen LogP contribution >= 0.6 is 0 Å². The molecule has 0 saturated carbocycles. The van der Waals surface area contributed by atoms with Gasteiger partial charge in [0, 0.05) is 40.8 Å². The predicted molar refractivity (Wildman–Crippen MR) is 193 cm³/mol. The third kappa shape index (κ3) is 9.10. The van der Waals surface area contributed by atoms with Crippen LogP contribution in [0.3, 0.4) is 0 Å². The molecule has 0 saturated heterocycles. The number of azo groups is 2. The van der Waals surface area contributed by atoms with E-state index in [-0.39, 0.29) is 5.91 Å². The number of ether oxygens (including phenoxy) is 1. The standard InChI is InChI=1S/C39H42N6O2/c1-4-7-8-11-28-47-34-24-14-29(15-25-34)39(46)40-37-26-27-38(36-13-10-9-12-35(36)37)44-43-31-18-16-30(17-19-31)41-42-32-20-22-33(23-21-32)45(5-2)6-3/h9-10,12-27H,4-8,11,28H2,1-3H3,(H,40,46). The van der Waals surface area contributed by atoms with Crippen molar-refractivity contribution in [1.82, 2.24) is 0 Å².